The van der Waals surface area contributed by atoms with Gasteiger partial charge in [0.05, 0.1) is 5.54 Å². The van der Waals surface area contributed by atoms with Crippen LogP contribution in [0.25, 0.3) is 0 Å². The normalized spacial score (nSPS) is 11.7. The van der Waals surface area contributed by atoms with E-state index in [0.29, 0.717) is 12.5 Å². The lowest BCUT2D eigenvalue weighted by Crippen LogP contribution is -2.53. The summed E-state index contributed by atoms with van der Waals surface area (Å²) >= 11 is 0. The number of rotatable bonds is 5. The lowest BCUT2D eigenvalue weighted by molar-refractivity contribution is 0.0390. The van der Waals surface area contributed by atoms with Gasteiger partial charge in [0.2, 0.25) is 0 Å². The number of benzene rings is 2. The zero-order valence-corrected chi connectivity index (χ0v) is 18.1. The quantitative estimate of drug-likeness (QED) is 0.690. The molecule has 0 aliphatic rings. The van der Waals surface area contributed by atoms with Crippen molar-refractivity contribution in [1.82, 2.24) is 10.4 Å². The van der Waals surface area contributed by atoms with E-state index >= 15 is 0 Å². The Morgan fingerprint density at radius 1 is 1.04 bits per heavy atom. The number of carbonyl (C=O) groups is 1. The molecule has 146 valence electrons. The van der Waals surface area contributed by atoms with E-state index in [9.17, 15) is 4.79 Å². The molecule has 0 saturated carbocycles. The van der Waals surface area contributed by atoms with Crippen molar-refractivity contribution < 1.29 is 4.79 Å². The minimum absolute atomic E-state index is 0.00645. The summed E-state index contributed by atoms with van der Waals surface area (Å²) in [6, 6.07) is 12.4. The number of hydrazine groups is 1. The van der Waals surface area contributed by atoms with Crippen LogP contribution in [0.1, 0.15) is 78.7 Å². The van der Waals surface area contributed by atoms with E-state index in [2.05, 4.69) is 71.2 Å². The zero-order chi connectivity index (χ0) is 20.4. The maximum Gasteiger partial charge on any atom is 0.268 e. The van der Waals surface area contributed by atoms with E-state index < -0.39 is 0 Å². The van der Waals surface area contributed by atoms with Crippen molar-refractivity contribution in [3.8, 4) is 0 Å². The molecule has 3 nitrogen and oxygen atoms in total. The van der Waals surface area contributed by atoms with Gasteiger partial charge in [0, 0.05) is 12.1 Å². The first kappa shape index (κ1) is 21.2. The first-order valence-corrected chi connectivity index (χ1v) is 9.75. The molecule has 0 spiro atoms. The maximum atomic E-state index is 13.2. The van der Waals surface area contributed by atoms with E-state index in [1.54, 1.807) is 5.01 Å². The van der Waals surface area contributed by atoms with Crippen molar-refractivity contribution in [2.75, 3.05) is 0 Å². The van der Waals surface area contributed by atoms with Gasteiger partial charge in [0.1, 0.15) is 0 Å². The monoisotopic (exact) mass is 366 g/mol. The van der Waals surface area contributed by atoms with E-state index in [1.165, 1.54) is 16.7 Å². The number of aryl methyl sites for hydroxylation is 2. The first-order valence-electron chi connectivity index (χ1n) is 9.75. The standard InChI is InChI=1S/C24H34N2O/c1-16(2)22-11-9-10-20(19(22)5)15-25-26(24(6,7)8)23(27)21-13-17(3)12-18(4)14-21/h9-14,16,25H,15H2,1-8H3. The van der Waals surface area contributed by atoms with Crippen molar-refractivity contribution >= 4 is 5.91 Å². The molecule has 0 fully saturated rings. The fourth-order valence-electron chi connectivity index (χ4n) is 3.53. The number of hydrogen-bond donors (Lipinski definition) is 1. The third-order valence-electron chi connectivity index (χ3n) is 4.88. The second-order valence-electron chi connectivity index (χ2n) is 8.81. The van der Waals surface area contributed by atoms with Crippen LogP contribution in [0.2, 0.25) is 0 Å². The molecule has 0 radical (unpaired) electrons. The number of nitrogens with zero attached hydrogens (tertiary/aromatic N) is 1. The highest BCUT2D eigenvalue weighted by atomic mass is 16.2. The average molecular weight is 367 g/mol. The second-order valence-corrected chi connectivity index (χ2v) is 8.81. The Kier molecular flexibility index (Phi) is 6.48. The molecule has 0 aromatic heterocycles. The van der Waals surface area contributed by atoms with Gasteiger partial charge in [0.25, 0.3) is 5.91 Å². The summed E-state index contributed by atoms with van der Waals surface area (Å²) in [5.74, 6) is 0.493. The molecular weight excluding hydrogens is 332 g/mol. The largest absolute Gasteiger partial charge is 0.268 e. The van der Waals surface area contributed by atoms with Crippen LogP contribution >= 0.6 is 0 Å². The fraction of sp³-hybridized carbons (Fsp3) is 0.458. The molecule has 3 heteroatoms. The van der Waals surface area contributed by atoms with E-state index in [4.69, 9.17) is 0 Å². The number of carbonyl (C=O) groups excluding carboxylic acids is 1. The summed E-state index contributed by atoms with van der Waals surface area (Å²) in [5.41, 5.74) is 9.89. The molecule has 0 bridgehead atoms. The van der Waals surface area contributed by atoms with Crippen molar-refractivity contribution in [2.24, 2.45) is 0 Å². The molecule has 0 aliphatic carbocycles. The molecule has 2 rings (SSSR count). The van der Waals surface area contributed by atoms with Gasteiger partial charge in [0.15, 0.2) is 0 Å². The fourth-order valence-corrected chi connectivity index (χ4v) is 3.53. The van der Waals surface area contributed by atoms with Gasteiger partial charge < -0.3 is 0 Å². The third kappa shape index (κ3) is 5.20. The molecule has 27 heavy (non-hydrogen) atoms. The summed E-state index contributed by atoms with van der Waals surface area (Å²) in [4.78, 5) is 13.2. The van der Waals surface area contributed by atoms with Gasteiger partial charge in [-0.3, -0.25) is 9.80 Å². The summed E-state index contributed by atoms with van der Waals surface area (Å²) in [7, 11) is 0. The van der Waals surface area contributed by atoms with Crippen LogP contribution in [0.5, 0.6) is 0 Å². The van der Waals surface area contributed by atoms with Crippen LogP contribution in [0.3, 0.4) is 0 Å². The van der Waals surface area contributed by atoms with Gasteiger partial charge in [-0.25, -0.2) is 5.43 Å². The summed E-state index contributed by atoms with van der Waals surface area (Å²) in [5, 5.41) is 1.77. The van der Waals surface area contributed by atoms with Gasteiger partial charge in [-0.2, -0.15) is 0 Å². The molecule has 2 aromatic carbocycles. The van der Waals surface area contributed by atoms with Crippen LogP contribution in [0.4, 0.5) is 0 Å². The minimum Gasteiger partial charge on any atom is -0.268 e. The summed E-state index contributed by atoms with van der Waals surface area (Å²) in [6.45, 7) is 17.4. The molecule has 0 heterocycles. The molecule has 0 atom stereocenters. The predicted molar refractivity (Wildman–Crippen MR) is 114 cm³/mol. The smallest absolute Gasteiger partial charge is 0.268 e. The molecule has 0 saturated heterocycles. The summed E-state index contributed by atoms with van der Waals surface area (Å²) < 4.78 is 0. The zero-order valence-electron chi connectivity index (χ0n) is 18.1. The lowest BCUT2D eigenvalue weighted by atomic mass is 9.94. The number of hydrogen-bond acceptors (Lipinski definition) is 2. The highest BCUT2D eigenvalue weighted by Gasteiger charge is 2.28. The van der Waals surface area contributed by atoms with Crippen LogP contribution in [-0.2, 0) is 6.54 Å². The van der Waals surface area contributed by atoms with Gasteiger partial charge in [-0.15, -0.1) is 0 Å². The van der Waals surface area contributed by atoms with Crippen LogP contribution in [0, 0.1) is 20.8 Å². The Morgan fingerprint density at radius 3 is 2.15 bits per heavy atom. The van der Waals surface area contributed by atoms with Gasteiger partial charge >= 0.3 is 0 Å². The summed E-state index contributed by atoms with van der Waals surface area (Å²) in [6.07, 6.45) is 0. The molecule has 0 aliphatic heterocycles. The third-order valence-corrected chi connectivity index (χ3v) is 4.88. The van der Waals surface area contributed by atoms with E-state index in [0.717, 1.165) is 16.7 Å². The highest BCUT2D eigenvalue weighted by molar-refractivity contribution is 5.94. The minimum atomic E-state index is -0.335. The van der Waals surface area contributed by atoms with E-state index in [1.807, 2.05) is 26.0 Å². The highest BCUT2D eigenvalue weighted by Crippen LogP contribution is 2.23. The molecular formula is C24H34N2O. The number of amides is 1. The van der Waals surface area contributed by atoms with Crippen molar-refractivity contribution in [1.29, 1.82) is 0 Å². The maximum absolute atomic E-state index is 13.2. The Labute approximate surface area is 164 Å². The van der Waals surface area contributed by atoms with Gasteiger partial charge in [-0.05, 0) is 76.3 Å². The Bertz CT molecular complexity index is 795. The first-order chi connectivity index (χ1) is 12.5. The van der Waals surface area contributed by atoms with Crippen LogP contribution in [0.15, 0.2) is 36.4 Å². The predicted octanol–water partition coefficient (Wildman–Crippen LogP) is 5.68. The molecule has 2 aromatic rings. The molecule has 1 amide bonds. The lowest BCUT2D eigenvalue weighted by Gasteiger charge is -2.36. The Balaban J connectivity index is 2.29. The second kappa shape index (κ2) is 8.26. The van der Waals surface area contributed by atoms with Gasteiger partial charge in [-0.1, -0.05) is 49.2 Å². The average Bonchev–Trinajstić information content (AvgIpc) is 2.53. The van der Waals surface area contributed by atoms with Crippen molar-refractivity contribution in [2.45, 2.75) is 73.4 Å². The van der Waals surface area contributed by atoms with E-state index in [-0.39, 0.29) is 11.4 Å². The number of nitrogens with one attached hydrogen (secondary N) is 1. The van der Waals surface area contributed by atoms with Crippen LogP contribution in [-0.4, -0.2) is 16.5 Å². The Morgan fingerprint density at radius 2 is 1.63 bits per heavy atom. The Hall–Kier alpha value is -2.13. The van der Waals surface area contributed by atoms with Crippen LogP contribution < -0.4 is 5.43 Å². The van der Waals surface area contributed by atoms with Crippen molar-refractivity contribution in [3.63, 3.8) is 0 Å². The molecule has 1 N–H and O–H groups in total. The SMILES string of the molecule is Cc1cc(C)cc(C(=O)N(NCc2cccc(C(C)C)c2C)C(C)(C)C)c1. The van der Waals surface area contributed by atoms with Crippen molar-refractivity contribution in [3.05, 3.63) is 69.8 Å². The topological polar surface area (TPSA) is 32.3 Å². The molecule has 0 unspecified atom stereocenters.